The van der Waals surface area contributed by atoms with Gasteiger partial charge in [0.25, 0.3) is 0 Å². The van der Waals surface area contributed by atoms with Gasteiger partial charge in [0.1, 0.15) is 17.7 Å². The van der Waals surface area contributed by atoms with E-state index >= 15 is 0 Å². The number of nitrogens with zero attached hydrogens (tertiary/aromatic N) is 2. The summed E-state index contributed by atoms with van der Waals surface area (Å²) in [5.41, 5.74) is 3.09. The molecule has 0 aliphatic carbocycles. The van der Waals surface area contributed by atoms with Gasteiger partial charge >= 0.3 is 0 Å². The molecule has 1 aromatic heterocycles. The van der Waals surface area contributed by atoms with Crippen LogP contribution in [0, 0.1) is 11.3 Å². The molecule has 0 N–H and O–H groups in total. The van der Waals surface area contributed by atoms with Gasteiger partial charge in [-0.25, -0.2) is 4.98 Å². The zero-order valence-corrected chi connectivity index (χ0v) is 17.7. The van der Waals surface area contributed by atoms with Crippen molar-refractivity contribution in [3.63, 3.8) is 0 Å². The van der Waals surface area contributed by atoms with Crippen LogP contribution < -0.4 is 9.47 Å². The van der Waals surface area contributed by atoms with Gasteiger partial charge in [-0.05, 0) is 42.0 Å². The Bertz CT molecular complexity index is 1240. The summed E-state index contributed by atoms with van der Waals surface area (Å²) < 4.78 is 12.4. The van der Waals surface area contributed by atoms with Crippen LogP contribution in [0.1, 0.15) is 16.1 Å². The van der Waals surface area contributed by atoms with Gasteiger partial charge in [0.2, 0.25) is 0 Å². The maximum atomic E-state index is 9.70. The maximum Gasteiger partial charge on any atom is 0.162 e. The van der Waals surface area contributed by atoms with E-state index in [2.05, 4.69) is 11.1 Å². The number of rotatable bonds is 6. The van der Waals surface area contributed by atoms with Crippen molar-refractivity contribution in [2.75, 3.05) is 7.11 Å². The molecule has 0 aliphatic heterocycles. The summed E-state index contributed by atoms with van der Waals surface area (Å²) in [5, 5.41) is 11.0. The number of hydrogen-bond acceptors (Lipinski definition) is 5. The number of allylic oxidation sites excluding steroid dienone is 1. The number of methoxy groups -OCH3 is 1. The molecule has 30 heavy (non-hydrogen) atoms. The van der Waals surface area contributed by atoms with Crippen molar-refractivity contribution in [3.05, 3.63) is 87.9 Å². The molecule has 0 radical (unpaired) electrons. The summed E-state index contributed by atoms with van der Waals surface area (Å²) in [6.45, 7) is 0.312. The van der Waals surface area contributed by atoms with Crippen molar-refractivity contribution in [2.45, 2.75) is 6.61 Å². The highest BCUT2D eigenvalue weighted by atomic mass is 35.5. The Hall–Kier alpha value is -3.33. The summed E-state index contributed by atoms with van der Waals surface area (Å²) in [4.78, 5) is 4.58. The fraction of sp³-hybridized carbons (Fsp3) is 0.0833. The first-order valence-corrected chi connectivity index (χ1v) is 10.4. The zero-order chi connectivity index (χ0) is 20.9. The molecule has 0 fully saturated rings. The SMILES string of the molecule is COc1ccc(C=C(C#N)c2nc3ccccc3s2)cc1OCc1ccccc1Cl. The number of hydrogen-bond donors (Lipinski definition) is 0. The molecular weight excluding hydrogens is 416 g/mol. The fourth-order valence-corrected chi connectivity index (χ4v) is 4.08. The molecule has 0 atom stereocenters. The normalized spacial score (nSPS) is 11.3. The van der Waals surface area contributed by atoms with Gasteiger partial charge in [-0.2, -0.15) is 5.26 Å². The summed E-state index contributed by atoms with van der Waals surface area (Å²) in [6.07, 6.45) is 1.81. The Morgan fingerprint density at radius 1 is 1.10 bits per heavy atom. The second kappa shape index (κ2) is 9.00. The molecule has 4 rings (SSSR count). The first-order chi connectivity index (χ1) is 14.7. The van der Waals surface area contributed by atoms with E-state index in [0.29, 0.717) is 33.7 Å². The molecule has 0 saturated heterocycles. The molecule has 0 bridgehead atoms. The Labute approximate surface area is 183 Å². The predicted molar refractivity (Wildman–Crippen MR) is 122 cm³/mol. The Kier molecular flexibility index (Phi) is 5.99. The van der Waals surface area contributed by atoms with Gasteiger partial charge in [0.15, 0.2) is 11.5 Å². The molecular formula is C24H17ClN2O2S. The average Bonchev–Trinajstić information content (AvgIpc) is 3.21. The summed E-state index contributed by atoms with van der Waals surface area (Å²) in [6, 6.07) is 23.2. The van der Waals surface area contributed by atoms with Gasteiger partial charge in [-0.1, -0.05) is 48.0 Å². The largest absolute Gasteiger partial charge is 0.493 e. The molecule has 4 aromatic rings. The van der Waals surface area contributed by atoms with E-state index in [1.54, 1.807) is 13.2 Å². The van der Waals surface area contributed by atoms with Crippen LogP contribution in [-0.2, 0) is 6.61 Å². The number of halogens is 1. The number of aromatic nitrogens is 1. The number of benzene rings is 3. The number of nitriles is 1. The first-order valence-electron chi connectivity index (χ1n) is 9.20. The third-order valence-electron chi connectivity index (χ3n) is 4.48. The third-order valence-corrected chi connectivity index (χ3v) is 5.92. The summed E-state index contributed by atoms with van der Waals surface area (Å²) >= 11 is 7.72. The quantitative estimate of drug-likeness (QED) is 0.322. The molecule has 0 aliphatic rings. The molecule has 0 unspecified atom stereocenters. The number of fused-ring (bicyclic) bond motifs is 1. The topological polar surface area (TPSA) is 55.1 Å². The number of ether oxygens (including phenoxy) is 2. The van der Waals surface area contributed by atoms with Crippen molar-refractivity contribution < 1.29 is 9.47 Å². The van der Waals surface area contributed by atoms with Crippen molar-refractivity contribution in [1.82, 2.24) is 4.98 Å². The van der Waals surface area contributed by atoms with E-state index in [1.807, 2.05) is 66.7 Å². The lowest BCUT2D eigenvalue weighted by atomic mass is 10.1. The Balaban J connectivity index is 1.64. The van der Waals surface area contributed by atoms with E-state index in [0.717, 1.165) is 21.3 Å². The molecule has 3 aromatic carbocycles. The highest BCUT2D eigenvalue weighted by Crippen LogP contribution is 2.32. The van der Waals surface area contributed by atoms with Crippen molar-refractivity contribution >= 4 is 44.8 Å². The molecule has 0 amide bonds. The smallest absolute Gasteiger partial charge is 0.162 e. The third kappa shape index (κ3) is 4.30. The molecule has 148 valence electrons. The minimum Gasteiger partial charge on any atom is -0.493 e. The van der Waals surface area contributed by atoms with E-state index in [-0.39, 0.29) is 0 Å². The van der Waals surface area contributed by atoms with Gasteiger partial charge in [0.05, 0.1) is 22.9 Å². The van der Waals surface area contributed by atoms with Crippen LogP contribution in [-0.4, -0.2) is 12.1 Å². The van der Waals surface area contributed by atoms with Crippen LogP contribution in [0.5, 0.6) is 11.5 Å². The molecule has 0 spiro atoms. The number of para-hydroxylation sites is 1. The van der Waals surface area contributed by atoms with Gasteiger partial charge in [0, 0.05) is 10.6 Å². The van der Waals surface area contributed by atoms with Crippen LogP contribution in [0.3, 0.4) is 0 Å². The van der Waals surface area contributed by atoms with E-state index in [9.17, 15) is 5.26 Å². The van der Waals surface area contributed by atoms with Crippen LogP contribution in [0.25, 0.3) is 21.9 Å². The fourth-order valence-electron chi connectivity index (χ4n) is 2.96. The Morgan fingerprint density at radius 3 is 2.67 bits per heavy atom. The monoisotopic (exact) mass is 432 g/mol. The maximum absolute atomic E-state index is 9.70. The van der Waals surface area contributed by atoms with Crippen LogP contribution in [0.4, 0.5) is 0 Å². The first kappa shape index (κ1) is 20.0. The molecule has 1 heterocycles. The summed E-state index contributed by atoms with van der Waals surface area (Å²) in [7, 11) is 1.59. The highest BCUT2D eigenvalue weighted by molar-refractivity contribution is 7.19. The van der Waals surface area contributed by atoms with E-state index in [4.69, 9.17) is 21.1 Å². The van der Waals surface area contributed by atoms with Crippen molar-refractivity contribution in [1.29, 1.82) is 5.26 Å². The second-order valence-corrected chi connectivity index (χ2v) is 7.88. The average molecular weight is 433 g/mol. The lowest BCUT2D eigenvalue weighted by Crippen LogP contribution is -1.98. The lowest BCUT2D eigenvalue weighted by molar-refractivity contribution is 0.284. The van der Waals surface area contributed by atoms with E-state index < -0.39 is 0 Å². The minimum atomic E-state index is 0.312. The lowest BCUT2D eigenvalue weighted by Gasteiger charge is -2.12. The predicted octanol–water partition coefficient (Wildman–Crippen LogP) is 6.60. The molecule has 6 heteroatoms. The van der Waals surface area contributed by atoms with E-state index in [1.165, 1.54) is 11.3 Å². The Morgan fingerprint density at radius 2 is 1.90 bits per heavy atom. The standard InChI is InChI=1S/C24H17ClN2O2S/c1-28-21-11-10-16(13-22(21)29-15-17-6-2-3-7-19(17)25)12-18(14-26)24-27-20-8-4-5-9-23(20)30-24/h2-13H,15H2,1H3. The van der Waals surface area contributed by atoms with Crippen molar-refractivity contribution in [2.24, 2.45) is 0 Å². The van der Waals surface area contributed by atoms with Crippen molar-refractivity contribution in [3.8, 4) is 17.6 Å². The zero-order valence-electron chi connectivity index (χ0n) is 16.1. The molecule has 4 nitrogen and oxygen atoms in total. The minimum absolute atomic E-state index is 0.312. The van der Waals surface area contributed by atoms with Crippen LogP contribution >= 0.6 is 22.9 Å². The van der Waals surface area contributed by atoms with Crippen LogP contribution in [0.2, 0.25) is 5.02 Å². The molecule has 0 saturated carbocycles. The number of thiazole rings is 1. The van der Waals surface area contributed by atoms with Gasteiger partial charge in [-0.3, -0.25) is 0 Å². The second-order valence-electron chi connectivity index (χ2n) is 6.45. The highest BCUT2D eigenvalue weighted by Gasteiger charge is 2.11. The van der Waals surface area contributed by atoms with Crippen LogP contribution in [0.15, 0.2) is 66.7 Å². The summed E-state index contributed by atoms with van der Waals surface area (Å²) in [5.74, 6) is 1.19. The van der Waals surface area contributed by atoms with Gasteiger partial charge in [-0.15, -0.1) is 11.3 Å². The van der Waals surface area contributed by atoms with Gasteiger partial charge < -0.3 is 9.47 Å².